The van der Waals surface area contributed by atoms with E-state index < -0.39 is 0 Å². The SMILES string of the molecule is CCNCc1cccc(Cl)c1OC1CCC(CC)CC1. The van der Waals surface area contributed by atoms with Crippen LogP contribution in [-0.2, 0) is 6.54 Å². The van der Waals surface area contributed by atoms with Gasteiger partial charge in [0.15, 0.2) is 0 Å². The van der Waals surface area contributed by atoms with Gasteiger partial charge in [0, 0.05) is 12.1 Å². The maximum Gasteiger partial charge on any atom is 0.142 e. The third kappa shape index (κ3) is 4.13. The van der Waals surface area contributed by atoms with Crippen molar-refractivity contribution in [3.63, 3.8) is 0 Å². The number of para-hydroxylation sites is 1. The highest BCUT2D eigenvalue weighted by molar-refractivity contribution is 6.32. The number of hydrogen-bond acceptors (Lipinski definition) is 2. The van der Waals surface area contributed by atoms with E-state index in [0.717, 1.165) is 48.2 Å². The van der Waals surface area contributed by atoms with E-state index in [9.17, 15) is 0 Å². The number of ether oxygens (including phenoxy) is 1. The largest absolute Gasteiger partial charge is 0.489 e. The lowest BCUT2D eigenvalue weighted by Crippen LogP contribution is -2.25. The Morgan fingerprint density at radius 3 is 2.60 bits per heavy atom. The molecule has 3 heteroatoms. The fourth-order valence-electron chi connectivity index (χ4n) is 2.91. The van der Waals surface area contributed by atoms with Crippen molar-refractivity contribution >= 4 is 11.6 Å². The first-order chi connectivity index (χ1) is 9.74. The maximum absolute atomic E-state index is 6.33. The van der Waals surface area contributed by atoms with Crippen molar-refractivity contribution in [3.8, 4) is 5.75 Å². The van der Waals surface area contributed by atoms with Gasteiger partial charge in [0.25, 0.3) is 0 Å². The van der Waals surface area contributed by atoms with Crippen LogP contribution < -0.4 is 10.1 Å². The summed E-state index contributed by atoms with van der Waals surface area (Å²) < 4.78 is 6.24. The van der Waals surface area contributed by atoms with Crippen molar-refractivity contribution in [1.29, 1.82) is 0 Å². The highest BCUT2D eigenvalue weighted by Gasteiger charge is 2.22. The first-order valence-electron chi connectivity index (χ1n) is 7.89. The van der Waals surface area contributed by atoms with Gasteiger partial charge in [-0.15, -0.1) is 0 Å². The summed E-state index contributed by atoms with van der Waals surface area (Å²) in [7, 11) is 0. The second kappa shape index (κ2) is 7.90. The number of hydrogen-bond donors (Lipinski definition) is 1. The van der Waals surface area contributed by atoms with Crippen molar-refractivity contribution in [2.45, 2.75) is 58.6 Å². The van der Waals surface area contributed by atoms with Gasteiger partial charge in [-0.2, -0.15) is 0 Å². The normalized spacial score (nSPS) is 22.8. The molecule has 1 N–H and O–H groups in total. The molecule has 2 nitrogen and oxygen atoms in total. The zero-order valence-corrected chi connectivity index (χ0v) is 13.4. The summed E-state index contributed by atoms with van der Waals surface area (Å²) in [5.41, 5.74) is 1.16. The highest BCUT2D eigenvalue weighted by Crippen LogP contribution is 2.34. The predicted molar refractivity (Wildman–Crippen MR) is 85.5 cm³/mol. The Kier molecular flexibility index (Phi) is 6.18. The second-order valence-corrected chi connectivity index (χ2v) is 6.08. The molecule has 0 unspecified atom stereocenters. The van der Waals surface area contributed by atoms with Crippen LogP contribution in [0.1, 0.15) is 51.5 Å². The molecule has 1 aromatic rings. The summed E-state index contributed by atoms with van der Waals surface area (Å²) in [4.78, 5) is 0. The highest BCUT2D eigenvalue weighted by atomic mass is 35.5. The molecule has 0 spiro atoms. The molecule has 0 saturated heterocycles. The Morgan fingerprint density at radius 2 is 1.95 bits per heavy atom. The number of nitrogens with one attached hydrogen (secondary N) is 1. The molecule has 1 aromatic carbocycles. The Bertz CT molecular complexity index is 413. The number of benzene rings is 1. The Morgan fingerprint density at radius 1 is 1.20 bits per heavy atom. The summed E-state index contributed by atoms with van der Waals surface area (Å²) in [6.07, 6.45) is 6.51. The van der Waals surface area contributed by atoms with E-state index in [2.05, 4.69) is 25.2 Å². The van der Waals surface area contributed by atoms with Gasteiger partial charge in [0.05, 0.1) is 11.1 Å². The molecule has 0 amide bonds. The molecule has 0 radical (unpaired) electrons. The Balaban J connectivity index is 2.01. The lowest BCUT2D eigenvalue weighted by atomic mass is 9.86. The topological polar surface area (TPSA) is 21.3 Å². The third-order valence-corrected chi connectivity index (χ3v) is 4.57. The summed E-state index contributed by atoms with van der Waals surface area (Å²) in [5.74, 6) is 1.78. The summed E-state index contributed by atoms with van der Waals surface area (Å²) in [5, 5.41) is 4.08. The van der Waals surface area contributed by atoms with Crippen LogP contribution in [0.4, 0.5) is 0 Å². The van der Waals surface area contributed by atoms with Crippen LogP contribution in [-0.4, -0.2) is 12.6 Å². The molecule has 112 valence electrons. The van der Waals surface area contributed by atoms with E-state index in [1.165, 1.54) is 19.3 Å². The van der Waals surface area contributed by atoms with E-state index in [-0.39, 0.29) is 0 Å². The van der Waals surface area contributed by atoms with Crippen LogP contribution in [0.3, 0.4) is 0 Å². The Labute approximate surface area is 127 Å². The monoisotopic (exact) mass is 295 g/mol. The van der Waals surface area contributed by atoms with Crippen LogP contribution >= 0.6 is 11.6 Å². The molecule has 0 bridgehead atoms. The third-order valence-electron chi connectivity index (χ3n) is 4.27. The first kappa shape index (κ1) is 15.7. The zero-order valence-electron chi connectivity index (χ0n) is 12.6. The fourth-order valence-corrected chi connectivity index (χ4v) is 3.15. The van der Waals surface area contributed by atoms with E-state index in [1.54, 1.807) is 0 Å². The molecule has 1 aliphatic rings. The van der Waals surface area contributed by atoms with Crippen LogP contribution in [0.25, 0.3) is 0 Å². The minimum Gasteiger partial charge on any atom is -0.489 e. The summed E-state index contributed by atoms with van der Waals surface area (Å²) in [6.45, 7) is 6.16. The first-order valence-corrected chi connectivity index (χ1v) is 8.27. The molecule has 0 aromatic heterocycles. The molecule has 0 aliphatic heterocycles. The number of halogens is 1. The molecule has 1 saturated carbocycles. The molecule has 20 heavy (non-hydrogen) atoms. The van der Waals surface area contributed by atoms with Crippen molar-refractivity contribution in [3.05, 3.63) is 28.8 Å². The van der Waals surface area contributed by atoms with E-state index >= 15 is 0 Å². The second-order valence-electron chi connectivity index (χ2n) is 5.68. The van der Waals surface area contributed by atoms with Gasteiger partial charge in [0.2, 0.25) is 0 Å². The van der Waals surface area contributed by atoms with E-state index in [4.69, 9.17) is 16.3 Å². The fraction of sp³-hybridized carbons (Fsp3) is 0.647. The van der Waals surface area contributed by atoms with Gasteiger partial charge in [-0.3, -0.25) is 0 Å². The number of rotatable bonds is 6. The van der Waals surface area contributed by atoms with Crippen molar-refractivity contribution < 1.29 is 4.74 Å². The molecule has 0 atom stereocenters. The van der Waals surface area contributed by atoms with Gasteiger partial charge < -0.3 is 10.1 Å². The van der Waals surface area contributed by atoms with Crippen molar-refractivity contribution in [2.24, 2.45) is 5.92 Å². The van der Waals surface area contributed by atoms with Crippen LogP contribution in [0.2, 0.25) is 5.02 Å². The van der Waals surface area contributed by atoms with Crippen LogP contribution in [0, 0.1) is 5.92 Å². The van der Waals surface area contributed by atoms with Crippen LogP contribution in [0.5, 0.6) is 5.75 Å². The van der Waals surface area contributed by atoms with Gasteiger partial charge in [-0.1, -0.05) is 44.0 Å². The molecule has 0 heterocycles. The average Bonchev–Trinajstić information content (AvgIpc) is 2.48. The van der Waals surface area contributed by atoms with Crippen LogP contribution in [0.15, 0.2) is 18.2 Å². The lowest BCUT2D eigenvalue weighted by Gasteiger charge is -2.29. The van der Waals surface area contributed by atoms with Gasteiger partial charge in [-0.05, 0) is 44.2 Å². The smallest absolute Gasteiger partial charge is 0.142 e. The van der Waals surface area contributed by atoms with Gasteiger partial charge >= 0.3 is 0 Å². The molecule has 1 aliphatic carbocycles. The minimum atomic E-state index is 0.332. The van der Waals surface area contributed by atoms with Gasteiger partial charge in [-0.25, -0.2) is 0 Å². The average molecular weight is 296 g/mol. The minimum absolute atomic E-state index is 0.332. The molecule has 2 rings (SSSR count). The molecular weight excluding hydrogens is 270 g/mol. The van der Waals surface area contributed by atoms with Crippen molar-refractivity contribution in [2.75, 3.05) is 6.54 Å². The Hall–Kier alpha value is -0.730. The van der Waals surface area contributed by atoms with E-state index in [0.29, 0.717) is 6.10 Å². The van der Waals surface area contributed by atoms with Crippen molar-refractivity contribution in [1.82, 2.24) is 5.32 Å². The summed E-state index contributed by atoms with van der Waals surface area (Å²) >= 11 is 6.33. The molecular formula is C17H26ClNO. The van der Waals surface area contributed by atoms with E-state index in [1.807, 2.05) is 12.1 Å². The predicted octanol–water partition coefficient (Wildman–Crippen LogP) is 4.80. The summed E-state index contributed by atoms with van der Waals surface area (Å²) in [6, 6.07) is 6.02. The molecule has 1 fully saturated rings. The zero-order chi connectivity index (χ0) is 14.4. The standard InChI is InChI=1S/C17H26ClNO/c1-3-13-8-10-15(11-9-13)20-17-14(12-19-4-2)6-5-7-16(17)18/h5-7,13,15,19H,3-4,8-12H2,1-2H3. The van der Waals surface area contributed by atoms with Gasteiger partial charge in [0.1, 0.15) is 5.75 Å². The maximum atomic E-state index is 6.33. The lowest BCUT2D eigenvalue weighted by molar-refractivity contribution is 0.129. The quantitative estimate of drug-likeness (QED) is 0.814.